The first-order valence-corrected chi connectivity index (χ1v) is 11.3. The molecule has 3 unspecified atom stereocenters. The average Bonchev–Trinajstić information content (AvgIpc) is 3.25. The third-order valence-electron chi connectivity index (χ3n) is 7.13. The number of hydrogen-bond acceptors (Lipinski definition) is 3. The number of phenolic OH excluding ortho intramolecular Hbond substituents is 1. The molecule has 2 aliphatic carbocycles. The van der Waals surface area contributed by atoms with E-state index in [0.29, 0.717) is 17.6 Å². The number of fused-ring (bicyclic) bond motifs is 3. The Labute approximate surface area is 173 Å². The molecule has 3 aliphatic rings. The number of phenols is 1. The minimum Gasteiger partial charge on any atom is -0.508 e. The molecule has 0 saturated heterocycles. The molecule has 2 aromatic carbocycles. The highest BCUT2D eigenvalue weighted by molar-refractivity contribution is 5.62. The summed E-state index contributed by atoms with van der Waals surface area (Å²) in [5.41, 5.74) is 3.47. The van der Waals surface area contributed by atoms with Crippen LogP contribution in [0.3, 0.4) is 0 Å². The van der Waals surface area contributed by atoms with E-state index in [1.807, 2.05) is 18.2 Å². The molecule has 1 fully saturated rings. The molecule has 0 bridgehead atoms. The number of aromatic hydroxyl groups is 1. The van der Waals surface area contributed by atoms with Crippen LogP contribution < -0.4 is 10.1 Å². The van der Waals surface area contributed by atoms with Crippen LogP contribution in [0.4, 0.5) is 5.69 Å². The van der Waals surface area contributed by atoms with Crippen molar-refractivity contribution in [1.29, 1.82) is 0 Å². The van der Waals surface area contributed by atoms with Crippen molar-refractivity contribution >= 4 is 5.69 Å². The standard InChI is InChI=1S/C26H31NO2/c28-25-12-5-4-9-22(25)26-21-11-6-10-20(21)23-17-19(13-14-24(23)27-26)29-16-15-18-7-2-1-3-8-18/h4-6,9-10,12-14,17-18,20-21,26-28H,1-3,7-8,11,15-16H2. The molecule has 3 heteroatoms. The van der Waals surface area contributed by atoms with Gasteiger partial charge in [0, 0.05) is 17.2 Å². The Morgan fingerprint density at radius 2 is 1.86 bits per heavy atom. The second-order valence-electron chi connectivity index (χ2n) is 8.92. The van der Waals surface area contributed by atoms with Gasteiger partial charge in [-0.15, -0.1) is 0 Å². The number of ether oxygens (including phenoxy) is 1. The van der Waals surface area contributed by atoms with Crippen LogP contribution in [0.25, 0.3) is 0 Å². The lowest BCUT2D eigenvalue weighted by molar-refractivity contribution is 0.246. The molecule has 1 heterocycles. The molecular weight excluding hydrogens is 358 g/mol. The Balaban J connectivity index is 1.32. The lowest BCUT2D eigenvalue weighted by Crippen LogP contribution is -2.29. The van der Waals surface area contributed by atoms with Gasteiger partial charge < -0.3 is 15.2 Å². The van der Waals surface area contributed by atoms with E-state index in [-0.39, 0.29) is 6.04 Å². The van der Waals surface area contributed by atoms with Crippen LogP contribution in [0.2, 0.25) is 0 Å². The number of nitrogens with one attached hydrogen (secondary N) is 1. The molecule has 152 valence electrons. The van der Waals surface area contributed by atoms with Crippen molar-refractivity contribution in [2.24, 2.45) is 11.8 Å². The first-order chi connectivity index (χ1) is 14.3. The molecule has 3 nitrogen and oxygen atoms in total. The van der Waals surface area contributed by atoms with Crippen LogP contribution in [0.5, 0.6) is 11.5 Å². The van der Waals surface area contributed by atoms with Gasteiger partial charge in [-0.05, 0) is 54.5 Å². The minimum atomic E-state index is 0.127. The van der Waals surface area contributed by atoms with Gasteiger partial charge in [-0.1, -0.05) is 62.5 Å². The van der Waals surface area contributed by atoms with Crippen molar-refractivity contribution in [3.05, 3.63) is 65.7 Å². The molecule has 0 spiro atoms. The van der Waals surface area contributed by atoms with E-state index < -0.39 is 0 Å². The maximum Gasteiger partial charge on any atom is 0.120 e. The van der Waals surface area contributed by atoms with E-state index in [4.69, 9.17) is 4.74 Å². The van der Waals surface area contributed by atoms with Crippen LogP contribution in [-0.2, 0) is 0 Å². The van der Waals surface area contributed by atoms with Gasteiger partial charge in [-0.25, -0.2) is 0 Å². The second kappa shape index (κ2) is 8.14. The fraction of sp³-hybridized carbons (Fsp3) is 0.462. The van der Waals surface area contributed by atoms with Gasteiger partial charge >= 0.3 is 0 Å². The predicted molar refractivity (Wildman–Crippen MR) is 118 cm³/mol. The van der Waals surface area contributed by atoms with Crippen molar-refractivity contribution in [2.75, 3.05) is 11.9 Å². The minimum absolute atomic E-state index is 0.127. The van der Waals surface area contributed by atoms with E-state index in [9.17, 15) is 5.11 Å². The normalized spacial score (nSPS) is 25.9. The smallest absolute Gasteiger partial charge is 0.120 e. The third kappa shape index (κ3) is 3.75. The van der Waals surface area contributed by atoms with E-state index in [0.717, 1.165) is 35.9 Å². The van der Waals surface area contributed by atoms with Crippen molar-refractivity contribution in [2.45, 2.75) is 56.9 Å². The fourth-order valence-corrected chi connectivity index (χ4v) is 5.54. The van der Waals surface area contributed by atoms with Gasteiger partial charge in [-0.2, -0.15) is 0 Å². The summed E-state index contributed by atoms with van der Waals surface area (Å²) in [4.78, 5) is 0. The zero-order valence-corrected chi connectivity index (χ0v) is 17.0. The van der Waals surface area contributed by atoms with Crippen LogP contribution in [0.1, 0.15) is 68.0 Å². The summed E-state index contributed by atoms with van der Waals surface area (Å²) in [6.45, 7) is 0.821. The van der Waals surface area contributed by atoms with Gasteiger partial charge in [0.05, 0.1) is 12.6 Å². The first kappa shape index (κ1) is 18.6. The topological polar surface area (TPSA) is 41.5 Å². The fourth-order valence-electron chi connectivity index (χ4n) is 5.54. The van der Waals surface area contributed by atoms with E-state index in [2.05, 4.69) is 35.7 Å². The van der Waals surface area contributed by atoms with Crippen molar-refractivity contribution in [3.8, 4) is 11.5 Å². The molecule has 5 rings (SSSR count). The largest absolute Gasteiger partial charge is 0.508 e. The summed E-state index contributed by atoms with van der Waals surface area (Å²) in [6.07, 6.45) is 13.8. The summed E-state index contributed by atoms with van der Waals surface area (Å²) < 4.78 is 6.16. The monoisotopic (exact) mass is 389 g/mol. The number of para-hydroxylation sites is 1. The number of rotatable bonds is 5. The molecule has 0 amide bonds. The van der Waals surface area contributed by atoms with Crippen molar-refractivity contribution in [1.82, 2.24) is 0 Å². The molecule has 3 atom stereocenters. The number of benzene rings is 2. The van der Waals surface area contributed by atoms with E-state index in [1.165, 1.54) is 44.1 Å². The Morgan fingerprint density at radius 3 is 2.72 bits per heavy atom. The second-order valence-corrected chi connectivity index (χ2v) is 8.92. The highest BCUT2D eigenvalue weighted by Gasteiger charge is 2.38. The highest BCUT2D eigenvalue weighted by atomic mass is 16.5. The lowest BCUT2D eigenvalue weighted by atomic mass is 9.77. The van der Waals surface area contributed by atoms with Crippen molar-refractivity contribution < 1.29 is 9.84 Å². The number of anilines is 1. The molecule has 1 saturated carbocycles. The third-order valence-corrected chi connectivity index (χ3v) is 7.13. The maximum atomic E-state index is 10.4. The van der Waals surface area contributed by atoms with Gasteiger partial charge in [0.25, 0.3) is 0 Å². The number of allylic oxidation sites excluding steroid dienone is 2. The van der Waals surface area contributed by atoms with Crippen LogP contribution in [0, 0.1) is 11.8 Å². The Hall–Kier alpha value is -2.42. The van der Waals surface area contributed by atoms with Gasteiger partial charge in [0.2, 0.25) is 0 Å². The van der Waals surface area contributed by atoms with E-state index >= 15 is 0 Å². The zero-order valence-electron chi connectivity index (χ0n) is 17.0. The van der Waals surface area contributed by atoms with Gasteiger partial charge in [-0.3, -0.25) is 0 Å². The van der Waals surface area contributed by atoms with Crippen LogP contribution in [0.15, 0.2) is 54.6 Å². The summed E-state index contributed by atoms with van der Waals surface area (Å²) in [6, 6.07) is 14.3. The summed E-state index contributed by atoms with van der Waals surface area (Å²) in [7, 11) is 0. The summed E-state index contributed by atoms with van der Waals surface area (Å²) in [5.74, 6) is 3.01. The van der Waals surface area contributed by atoms with Gasteiger partial charge in [0.1, 0.15) is 11.5 Å². The lowest BCUT2D eigenvalue weighted by Gasteiger charge is -2.37. The van der Waals surface area contributed by atoms with Gasteiger partial charge in [0.15, 0.2) is 0 Å². The average molecular weight is 390 g/mol. The zero-order chi connectivity index (χ0) is 19.6. The maximum absolute atomic E-state index is 10.4. The molecule has 0 aromatic heterocycles. The number of hydrogen-bond donors (Lipinski definition) is 2. The molecule has 29 heavy (non-hydrogen) atoms. The Morgan fingerprint density at radius 1 is 1.00 bits per heavy atom. The molecule has 2 N–H and O–H groups in total. The Kier molecular flexibility index (Phi) is 5.22. The first-order valence-electron chi connectivity index (χ1n) is 11.3. The van der Waals surface area contributed by atoms with Crippen LogP contribution in [-0.4, -0.2) is 11.7 Å². The molecule has 0 radical (unpaired) electrons. The summed E-state index contributed by atoms with van der Waals surface area (Å²) in [5, 5.41) is 14.1. The van der Waals surface area contributed by atoms with E-state index in [1.54, 1.807) is 6.07 Å². The van der Waals surface area contributed by atoms with Crippen LogP contribution >= 0.6 is 0 Å². The molecule has 1 aliphatic heterocycles. The molecule has 2 aromatic rings. The summed E-state index contributed by atoms with van der Waals surface area (Å²) >= 11 is 0. The predicted octanol–water partition coefficient (Wildman–Crippen LogP) is 6.57. The highest BCUT2D eigenvalue weighted by Crippen LogP contribution is 2.51. The van der Waals surface area contributed by atoms with Crippen molar-refractivity contribution in [3.63, 3.8) is 0 Å². The Bertz CT molecular complexity index is 884. The quantitative estimate of drug-likeness (QED) is 0.568. The molecular formula is C26H31NO2. The SMILES string of the molecule is Oc1ccccc1C1Nc2ccc(OCCC3CCCCC3)cc2C2C=CCC21.